The summed E-state index contributed by atoms with van der Waals surface area (Å²) in [4.78, 5) is 0. The van der Waals surface area contributed by atoms with Crippen LogP contribution < -0.4 is 5.32 Å². The highest BCUT2D eigenvalue weighted by molar-refractivity contribution is 5.57. The van der Waals surface area contributed by atoms with Crippen LogP contribution >= 0.6 is 0 Å². The van der Waals surface area contributed by atoms with E-state index in [1.807, 2.05) is 17.9 Å². The van der Waals surface area contributed by atoms with Gasteiger partial charge < -0.3 is 14.8 Å². The molecule has 3 rings (SSSR count). The minimum atomic E-state index is -0.0496. The minimum Gasteiger partial charge on any atom is -0.353 e. The van der Waals surface area contributed by atoms with E-state index in [0.717, 1.165) is 37.3 Å². The van der Waals surface area contributed by atoms with Gasteiger partial charge in [-0.05, 0) is 31.9 Å². The fourth-order valence-corrected chi connectivity index (χ4v) is 2.66. The maximum atomic E-state index is 5.73. The van der Waals surface area contributed by atoms with Gasteiger partial charge in [-0.15, -0.1) is 5.10 Å². The smallest absolute Gasteiger partial charge is 0.157 e. The molecule has 6 heteroatoms. The zero-order valence-electron chi connectivity index (χ0n) is 13.6. The Hall–Kier alpha value is -1.76. The van der Waals surface area contributed by atoms with Crippen molar-refractivity contribution in [2.24, 2.45) is 0 Å². The minimum absolute atomic E-state index is 0.0496. The average Bonchev–Trinajstić information content (AvgIpc) is 3.06. The average molecular weight is 316 g/mol. The van der Waals surface area contributed by atoms with Crippen LogP contribution in [0.4, 0.5) is 0 Å². The molecule has 6 nitrogen and oxygen atoms in total. The lowest BCUT2D eigenvalue weighted by Crippen LogP contribution is -2.24. The van der Waals surface area contributed by atoms with E-state index >= 15 is 0 Å². The molecule has 23 heavy (non-hydrogen) atoms. The van der Waals surface area contributed by atoms with Gasteiger partial charge in [0.25, 0.3) is 0 Å². The molecule has 0 radical (unpaired) electrons. The van der Waals surface area contributed by atoms with Crippen LogP contribution in [0.5, 0.6) is 0 Å². The van der Waals surface area contributed by atoms with E-state index in [9.17, 15) is 0 Å². The molecule has 1 aliphatic rings. The second-order valence-electron chi connectivity index (χ2n) is 5.76. The van der Waals surface area contributed by atoms with Gasteiger partial charge in [-0.2, -0.15) is 0 Å². The molecule has 1 aliphatic heterocycles. The number of nitrogens with one attached hydrogen (secondary N) is 1. The maximum absolute atomic E-state index is 5.73. The van der Waals surface area contributed by atoms with E-state index in [-0.39, 0.29) is 6.29 Å². The summed E-state index contributed by atoms with van der Waals surface area (Å²) in [5, 5.41) is 11.5. The van der Waals surface area contributed by atoms with Gasteiger partial charge in [0.1, 0.15) is 5.69 Å². The molecule has 2 heterocycles. The van der Waals surface area contributed by atoms with Crippen molar-refractivity contribution in [2.45, 2.75) is 38.6 Å². The van der Waals surface area contributed by atoms with E-state index in [2.05, 4.69) is 39.9 Å². The van der Waals surface area contributed by atoms with Gasteiger partial charge >= 0.3 is 0 Å². The molecule has 0 aliphatic carbocycles. The zero-order valence-corrected chi connectivity index (χ0v) is 13.6. The molecule has 124 valence electrons. The van der Waals surface area contributed by atoms with Crippen LogP contribution in [0.15, 0.2) is 30.5 Å². The molecular formula is C17H24N4O2. The molecule has 0 amide bonds. The summed E-state index contributed by atoms with van der Waals surface area (Å²) in [6.07, 6.45) is 5.22. The SMILES string of the molecule is CNCc1ccc(-c2cn(CCOC3CCCCO3)nn2)cc1. The van der Waals surface area contributed by atoms with E-state index in [4.69, 9.17) is 9.47 Å². The molecule has 1 aromatic carbocycles. The predicted octanol–water partition coefficient (Wildman–Crippen LogP) is 2.21. The molecule has 1 saturated heterocycles. The van der Waals surface area contributed by atoms with Crippen LogP contribution in [-0.4, -0.2) is 41.5 Å². The topological polar surface area (TPSA) is 61.2 Å². The first-order valence-electron chi connectivity index (χ1n) is 8.22. The monoisotopic (exact) mass is 316 g/mol. The quantitative estimate of drug-likeness (QED) is 0.848. The highest BCUT2D eigenvalue weighted by Crippen LogP contribution is 2.17. The van der Waals surface area contributed by atoms with Crippen molar-refractivity contribution in [3.05, 3.63) is 36.0 Å². The molecular weight excluding hydrogens is 292 g/mol. The highest BCUT2D eigenvalue weighted by atomic mass is 16.7. The zero-order chi connectivity index (χ0) is 15.9. The van der Waals surface area contributed by atoms with Gasteiger partial charge in [0, 0.05) is 18.7 Å². The lowest BCUT2D eigenvalue weighted by atomic mass is 10.1. The second-order valence-corrected chi connectivity index (χ2v) is 5.76. The third-order valence-electron chi connectivity index (χ3n) is 3.93. The van der Waals surface area contributed by atoms with Crippen LogP contribution in [0.2, 0.25) is 0 Å². The lowest BCUT2D eigenvalue weighted by molar-refractivity contribution is -0.163. The molecule has 1 aromatic heterocycles. The van der Waals surface area contributed by atoms with Gasteiger partial charge in [0.15, 0.2) is 6.29 Å². The number of benzene rings is 1. The van der Waals surface area contributed by atoms with Gasteiger partial charge in [-0.25, -0.2) is 4.68 Å². The van der Waals surface area contributed by atoms with Crippen LogP contribution in [-0.2, 0) is 22.6 Å². The summed E-state index contributed by atoms with van der Waals surface area (Å²) in [5.41, 5.74) is 3.21. The third-order valence-corrected chi connectivity index (χ3v) is 3.93. The molecule has 0 saturated carbocycles. The molecule has 0 spiro atoms. The molecule has 1 unspecified atom stereocenters. The summed E-state index contributed by atoms with van der Waals surface area (Å²) in [6.45, 7) is 2.95. The Labute approximate surface area is 136 Å². The third kappa shape index (κ3) is 4.60. The first-order chi connectivity index (χ1) is 11.3. The largest absolute Gasteiger partial charge is 0.353 e. The Morgan fingerprint density at radius 1 is 1.30 bits per heavy atom. The fourth-order valence-electron chi connectivity index (χ4n) is 2.66. The fraction of sp³-hybridized carbons (Fsp3) is 0.529. The first-order valence-corrected chi connectivity index (χ1v) is 8.22. The van der Waals surface area contributed by atoms with Gasteiger partial charge in [-0.3, -0.25) is 0 Å². The summed E-state index contributed by atoms with van der Waals surface area (Å²) in [7, 11) is 1.94. The molecule has 2 aromatic rings. The number of aromatic nitrogens is 3. The molecule has 0 bridgehead atoms. The Bertz CT molecular complexity index is 591. The van der Waals surface area contributed by atoms with Gasteiger partial charge in [-0.1, -0.05) is 29.5 Å². The number of ether oxygens (including phenoxy) is 2. The normalized spacial score (nSPS) is 18.2. The van der Waals surface area contributed by atoms with Crippen molar-refractivity contribution in [1.82, 2.24) is 20.3 Å². The summed E-state index contributed by atoms with van der Waals surface area (Å²) >= 11 is 0. The Balaban J connectivity index is 1.51. The standard InChI is InChI=1S/C17H24N4O2/c1-18-12-14-5-7-15(8-6-14)16-13-21(20-19-16)9-11-23-17-4-2-3-10-22-17/h5-8,13,17-18H,2-4,9-12H2,1H3. The van der Waals surface area contributed by atoms with Crippen molar-refractivity contribution < 1.29 is 9.47 Å². The van der Waals surface area contributed by atoms with Crippen LogP contribution in [0, 0.1) is 0 Å². The first kappa shape index (κ1) is 16.1. The number of hydrogen-bond donors (Lipinski definition) is 1. The number of hydrogen-bond acceptors (Lipinski definition) is 5. The Morgan fingerprint density at radius 3 is 2.91 bits per heavy atom. The van der Waals surface area contributed by atoms with E-state index in [0.29, 0.717) is 13.2 Å². The number of rotatable bonds is 7. The van der Waals surface area contributed by atoms with Crippen molar-refractivity contribution in [3.63, 3.8) is 0 Å². The van der Waals surface area contributed by atoms with Crippen molar-refractivity contribution >= 4 is 0 Å². The van der Waals surface area contributed by atoms with Crippen molar-refractivity contribution in [3.8, 4) is 11.3 Å². The van der Waals surface area contributed by atoms with E-state index < -0.39 is 0 Å². The second kappa shape index (κ2) is 8.19. The molecule has 1 fully saturated rings. The van der Waals surface area contributed by atoms with Crippen molar-refractivity contribution in [1.29, 1.82) is 0 Å². The number of nitrogens with zero attached hydrogens (tertiary/aromatic N) is 3. The summed E-state index contributed by atoms with van der Waals surface area (Å²) in [6, 6.07) is 8.36. The highest BCUT2D eigenvalue weighted by Gasteiger charge is 2.13. The predicted molar refractivity (Wildman–Crippen MR) is 87.8 cm³/mol. The van der Waals surface area contributed by atoms with Gasteiger partial charge in [0.2, 0.25) is 0 Å². The Morgan fingerprint density at radius 2 is 2.17 bits per heavy atom. The lowest BCUT2D eigenvalue weighted by Gasteiger charge is -2.22. The van der Waals surface area contributed by atoms with Crippen molar-refractivity contribution in [2.75, 3.05) is 20.3 Å². The summed E-state index contributed by atoms with van der Waals surface area (Å²) < 4.78 is 13.1. The van der Waals surface area contributed by atoms with Crippen LogP contribution in [0.3, 0.4) is 0 Å². The summed E-state index contributed by atoms with van der Waals surface area (Å²) in [5.74, 6) is 0. The molecule has 1 N–H and O–H groups in total. The maximum Gasteiger partial charge on any atom is 0.157 e. The van der Waals surface area contributed by atoms with E-state index in [1.54, 1.807) is 0 Å². The van der Waals surface area contributed by atoms with Crippen LogP contribution in [0.1, 0.15) is 24.8 Å². The van der Waals surface area contributed by atoms with Gasteiger partial charge in [0.05, 0.1) is 19.3 Å². The van der Waals surface area contributed by atoms with E-state index in [1.165, 1.54) is 12.0 Å². The van der Waals surface area contributed by atoms with Crippen LogP contribution in [0.25, 0.3) is 11.3 Å². The Kier molecular flexibility index (Phi) is 5.74. The molecule has 1 atom stereocenters.